The van der Waals surface area contributed by atoms with E-state index in [-0.39, 0.29) is 5.91 Å². The van der Waals surface area contributed by atoms with E-state index in [2.05, 4.69) is 26.2 Å². The van der Waals surface area contributed by atoms with Crippen LogP contribution in [0.25, 0.3) is 0 Å². The minimum atomic E-state index is -0.140. The number of hydrogen-bond donors (Lipinski definition) is 1. The van der Waals surface area contributed by atoms with Crippen LogP contribution < -0.4 is 5.32 Å². The fraction of sp³-hybridized carbons (Fsp3) is 0.200. The van der Waals surface area contributed by atoms with Crippen LogP contribution in [0.3, 0.4) is 0 Å². The summed E-state index contributed by atoms with van der Waals surface area (Å²) in [5.41, 5.74) is 3.74. The highest BCUT2D eigenvalue weighted by Crippen LogP contribution is 2.12. The van der Waals surface area contributed by atoms with Gasteiger partial charge in [0.1, 0.15) is 5.82 Å². The molecule has 2 aromatic rings. The lowest BCUT2D eigenvalue weighted by atomic mass is 10.1. The largest absolute Gasteiger partial charge is 0.307 e. The van der Waals surface area contributed by atoms with Crippen LogP contribution in [0.2, 0.25) is 0 Å². The third-order valence-corrected chi connectivity index (χ3v) is 3.36. The van der Waals surface area contributed by atoms with Gasteiger partial charge in [-0.25, -0.2) is 4.98 Å². The molecule has 0 aliphatic heterocycles. The normalized spacial score (nSPS) is 10.3. The first-order chi connectivity index (χ1) is 9.08. The van der Waals surface area contributed by atoms with Crippen molar-refractivity contribution in [2.45, 2.75) is 19.2 Å². The molecule has 98 valence electrons. The van der Waals surface area contributed by atoms with Crippen LogP contribution in [0.1, 0.15) is 27.2 Å². The number of benzene rings is 1. The van der Waals surface area contributed by atoms with Crippen molar-refractivity contribution in [3.8, 4) is 0 Å². The second-order valence-corrected chi connectivity index (χ2v) is 5.02. The summed E-state index contributed by atoms with van der Waals surface area (Å²) in [5.74, 6) is 0.450. The van der Waals surface area contributed by atoms with Gasteiger partial charge in [0.05, 0.1) is 0 Å². The van der Waals surface area contributed by atoms with Crippen LogP contribution >= 0.6 is 15.9 Å². The molecule has 1 amide bonds. The molecule has 0 saturated heterocycles. The van der Waals surface area contributed by atoms with Crippen molar-refractivity contribution < 1.29 is 4.79 Å². The highest BCUT2D eigenvalue weighted by Gasteiger charge is 2.07. The molecule has 0 spiro atoms. The number of amides is 1. The van der Waals surface area contributed by atoms with Gasteiger partial charge in [-0.3, -0.25) is 4.79 Å². The summed E-state index contributed by atoms with van der Waals surface area (Å²) in [6.45, 7) is 3.89. The topological polar surface area (TPSA) is 42.0 Å². The maximum absolute atomic E-state index is 12.1. The van der Waals surface area contributed by atoms with Gasteiger partial charge in [-0.05, 0) is 49.2 Å². The number of nitrogens with zero attached hydrogens (tertiary/aromatic N) is 1. The lowest BCUT2D eigenvalue weighted by molar-refractivity contribution is 0.102. The number of carbonyl (C=O) groups is 1. The minimum absolute atomic E-state index is 0.140. The average Bonchev–Trinajstić information content (AvgIpc) is 2.37. The van der Waals surface area contributed by atoms with Crippen LogP contribution in [0.15, 0.2) is 36.4 Å². The lowest BCUT2D eigenvalue weighted by Crippen LogP contribution is -2.13. The number of carbonyl (C=O) groups excluding carboxylic acids is 1. The van der Waals surface area contributed by atoms with E-state index in [0.29, 0.717) is 11.4 Å². The van der Waals surface area contributed by atoms with Gasteiger partial charge in [-0.2, -0.15) is 0 Å². The summed E-state index contributed by atoms with van der Waals surface area (Å²) < 4.78 is 0. The number of pyridine rings is 1. The molecule has 1 aromatic carbocycles. The molecule has 0 atom stereocenters. The smallest absolute Gasteiger partial charge is 0.256 e. The number of halogens is 1. The highest BCUT2D eigenvalue weighted by molar-refractivity contribution is 9.08. The van der Waals surface area contributed by atoms with Crippen molar-refractivity contribution >= 4 is 27.7 Å². The summed E-state index contributed by atoms with van der Waals surface area (Å²) in [6.07, 6.45) is 0. The van der Waals surface area contributed by atoms with Gasteiger partial charge in [0, 0.05) is 16.6 Å². The van der Waals surface area contributed by atoms with Crippen molar-refractivity contribution in [1.29, 1.82) is 0 Å². The fourth-order valence-corrected chi connectivity index (χ4v) is 2.21. The molecule has 2 rings (SSSR count). The Morgan fingerprint density at radius 2 is 1.89 bits per heavy atom. The first-order valence-corrected chi connectivity index (χ1v) is 7.12. The standard InChI is InChI=1S/C15H15BrN2O/c1-10-7-11(2)17-14(8-10)18-15(19)13-5-3-12(9-16)4-6-13/h3-8H,9H2,1-2H3,(H,17,18,19). The number of aromatic nitrogens is 1. The van der Waals surface area contributed by atoms with Crippen LogP contribution in [0.5, 0.6) is 0 Å². The van der Waals surface area contributed by atoms with Crippen molar-refractivity contribution in [1.82, 2.24) is 4.98 Å². The molecule has 0 radical (unpaired) electrons. The Bertz CT molecular complexity index is 573. The average molecular weight is 319 g/mol. The van der Waals surface area contributed by atoms with E-state index in [1.165, 1.54) is 0 Å². The van der Waals surface area contributed by atoms with Crippen molar-refractivity contribution in [2.75, 3.05) is 5.32 Å². The summed E-state index contributed by atoms with van der Waals surface area (Å²) in [4.78, 5) is 16.4. The van der Waals surface area contributed by atoms with E-state index in [4.69, 9.17) is 0 Å². The van der Waals surface area contributed by atoms with Gasteiger partial charge in [-0.15, -0.1) is 0 Å². The predicted molar refractivity (Wildman–Crippen MR) is 80.7 cm³/mol. The summed E-state index contributed by atoms with van der Waals surface area (Å²) in [6, 6.07) is 11.3. The van der Waals surface area contributed by atoms with E-state index in [1.54, 1.807) is 0 Å². The number of aryl methyl sites for hydroxylation is 2. The molecule has 0 bridgehead atoms. The molecule has 1 aromatic heterocycles. The van der Waals surface area contributed by atoms with Crippen molar-refractivity contribution in [2.24, 2.45) is 0 Å². The van der Waals surface area contributed by atoms with Gasteiger partial charge in [0.2, 0.25) is 0 Å². The van der Waals surface area contributed by atoms with E-state index in [0.717, 1.165) is 22.2 Å². The zero-order valence-electron chi connectivity index (χ0n) is 10.9. The summed E-state index contributed by atoms with van der Waals surface area (Å²) in [7, 11) is 0. The molecule has 0 aliphatic carbocycles. The van der Waals surface area contributed by atoms with Crippen LogP contribution in [-0.2, 0) is 5.33 Å². The Labute approximate surface area is 121 Å². The second-order valence-electron chi connectivity index (χ2n) is 4.46. The molecular weight excluding hydrogens is 304 g/mol. The van der Waals surface area contributed by atoms with Crippen LogP contribution in [-0.4, -0.2) is 10.9 Å². The van der Waals surface area contributed by atoms with Gasteiger partial charge in [0.25, 0.3) is 5.91 Å². The Morgan fingerprint density at radius 1 is 1.21 bits per heavy atom. The maximum atomic E-state index is 12.1. The van der Waals surface area contributed by atoms with E-state index in [1.807, 2.05) is 50.2 Å². The van der Waals surface area contributed by atoms with Crippen LogP contribution in [0.4, 0.5) is 5.82 Å². The molecule has 19 heavy (non-hydrogen) atoms. The number of anilines is 1. The zero-order valence-corrected chi connectivity index (χ0v) is 12.5. The first kappa shape index (κ1) is 13.7. The Morgan fingerprint density at radius 3 is 2.47 bits per heavy atom. The molecule has 0 unspecified atom stereocenters. The predicted octanol–water partition coefficient (Wildman–Crippen LogP) is 3.85. The zero-order chi connectivity index (χ0) is 13.8. The Hall–Kier alpha value is -1.68. The van der Waals surface area contributed by atoms with E-state index >= 15 is 0 Å². The monoisotopic (exact) mass is 318 g/mol. The number of rotatable bonds is 3. The summed E-state index contributed by atoms with van der Waals surface area (Å²) >= 11 is 3.38. The van der Waals surface area contributed by atoms with Gasteiger partial charge in [0.15, 0.2) is 0 Å². The maximum Gasteiger partial charge on any atom is 0.256 e. The van der Waals surface area contributed by atoms with Gasteiger partial charge >= 0.3 is 0 Å². The SMILES string of the molecule is Cc1cc(C)nc(NC(=O)c2ccc(CBr)cc2)c1. The van der Waals surface area contributed by atoms with Gasteiger partial charge in [-0.1, -0.05) is 28.1 Å². The Kier molecular flexibility index (Phi) is 4.32. The van der Waals surface area contributed by atoms with Crippen molar-refractivity contribution in [3.05, 3.63) is 58.8 Å². The molecule has 0 saturated carbocycles. The lowest BCUT2D eigenvalue weighted by Gasteiger charge is -2.07. The molecule has 0 fully saturated rings. The van der Waals surface area contributed by atoms with Gasteiger partial charge < -0.3 is 5.32 Å². The number of nitrogens with one attached hydrogen (secondary N) is 1. The second kappa shape index (κ2) is 5.97. The molecular formula is C15H15BrN2O. The quantitative estimate of drug-likeness (QED) is 0.873. The first-order valence-electron chi connectivity index (χ1n) is 6.00. The van der Waals surface area contributed by atoms with E-state index in [9.17, 15) is 4.79 Å². The number of alkyl halides is 1. The molecule has 1 heterocycles. The molecule has 0 aliphatic rings. The number of hydrogen-bond acceptors (Lipinski definition) is 2. The fourth-order valence-electron chi connectivity index (χ4n) is 1.84. The third kappa shape index (κ3) is 3.64. The highest BCUT2D eigenvalue weighted by atomic mass is 79.9. The molecule has 4 heteroatoms. The molecule has 1 N–H and O–H groups in total. The Balaban J connectivity index is 2.15. The van der Waals surface area contributed by atoms with E-state index < -0.39 is 0 Å². The molecule has 3 nitrogen and oxygen atoms in total. The van der Waals surface area contributed by atoms with Crippen LogP contribution in [0, 0.1) is 13.8 Å². The van der Waals surface area contributed by atoms with Crippen molar-refractivity contribution in [3.63, 3.8) is 0 Å². The third-order valence-electron chi connectivity index (χ3n) is 2.71. The summed E-state index contributed by atoms with van der Waals surface area (Å²) in [5, 5.41) is 3.60. The minimum Gasteiger partial charge on any atom is -0.307 e.